The summed E-state index contributed by atoms with van der Waals surface area (Å²) in [5.74, 6) is -0.827. The lowest BCUT2D eigenvalue weighted by molar-refractivity contribution is -0.138. The van der Waals surface area contributed by atoms with Gasteiger partial charge in [-0.15, -0.1) is 0 Å². The third kappa shape index (κ3) is 11.0. The van der Waals surface area contributed by atoms with Gasteiger partial charge in [0.05, 0.1) is 35.8 Å². The van der Waals surface area contributed by atoms with E-state index in [0.29, 0.717) is 68.4 Å². The largest absolute Gasteiger partial charge is 0.492 e. The molecule has 0 spiro atoms. The minimum Gasteiger partial charge on any atom is -0.492 e. The van der Waals surface area contributed by atoms with E-state index in [1.807, 2.05) is 17.9 Å². The van der Waals surface area contributed by atoms with Crippen molar-refractivity contribution in [3.63, 3.8) is 0 Å². The molecule has 0 aliphatic carbocycles. The molecule has 2 aliphatic rings. The monoisotopic (exact) mass is 850 g/mol. The van der Waals surface area contributed by atoms with E-state index in [4.69, 9.17) is 17.0 Å². The molecule has 14 nitrogen and oxygen atoms in total. The van der Waals surface area contributed by atoms with Crippen LogP contribution in [0.25, 0.3) is 0 Å². The standard InChI is InChI=1S/C42H49F3N8O6S/c1-5-27-19-32(53(26-60)41(2,3)40(58)50(4)31-10-9-28(22-46)34(21-31)42(43,44)45)11-13-36(27)59-18-17-52-16-15-51(23-33(52)25-54)24-38(56)48-30-8-6-7-29(20-30)47-35-12-14-37(55)49-39(35)57/h6-11,13,19-21,26,33,35,47,54H,5,12,14-18,23-25H2,1-4H3,(H,48,56)(H,49,55,57). The van der Waals surface area contributed by atoms with Crippen molar-refractivity contribution >= 4 is 64.1 Å². The van der Waals surface area contributed by atoms with Crippen LogP contribution >= 0.6 is 12.2 Å². The number of piperazine rings is 1. The second kappa shape index (κ2) is 19.6. The van der Waals surface area contributed by atoms with Crippen LogP contribution in [0.5, 0.6) is 5.75 Å². The van der Waals surface area contributed by atoms with Gasteiger partial charge < -0.3 is 30.3 Å². The van der Waals surface area contributed by atoms with Crippen LogP contribution in [-0.4, -0.2) is 115 Å². The van der Waals surface area contributed by atoms with Crippen LogP contribution in [0.15, 0.2) is 60.7 Å². The SMILES string of the molecule is CCc1cc(N(C=S)C(C)(C)C(=O)N(C)c2ccc(C#N)c(C(F)(F)F)c2)ccc1OCCN1CCN(CC(=O)Nc2cccc(NC3CCC(=O)NC3=O)c2)CC1CO. The lowest BCUT2D eigenvalue weighted by Crippen LogP contribution is -2.56. The maximum Gasteiger partial charge on any atom is 0.417 e. The van der Waals surface area contributed by atoms with Crippen molar-refractivity contribution in [2.45, 2.75) is 63.8 Å². The van der Waals surface area contributed by atoms with Crippen molar-refractivity contribution in [3.8, 4) is 11.8 Å². The first-order valence-electron chi connectivity index (χ1n) is 19.5. The number of aryl methyl sites for hydroxylation is 1. The molecule has 0 bridgehead atoms. The molecule has 0 saturated carbocycles. The van der Waals surface area contributed by atoms with Gasteiger partial charge >= 0.3 is 6.18 Å². The molecule has 2 fully saturated rings. The molecule has 2 heterocycles. The smallest absolute Gasteiger partial charge is 0.417 e. The number of amides is 4. The molecule has 3 aromatic rings. The maximum absolute atomic E-state index is 13.8. The Morgan fingerprint density at radius 2 is 1.82 bits per heavy atom. The molecule has 4 amide bonds. The van der Waals surface area contributed by atoms with Gasteiger partial charge in [0, 0.05) is 68.4 Å². The fraction of sp³-hybridized carbons (Fsp3) is 0.429. The lowest BCUT2D eigenvalue weighted by Gasteiger charge is -2.40. The quantitative estimate of drug-likeness (QED) is 0.117. The molecule has 5 rings (SSSR count). The van der Waals surface area contributed by atoms with E-state index in [9.17, 15) is 42.7 Å². The van der Waals surface area contributed by atoms with Crippen molar-refractivity contribution in [2.75, 3.05) is 73.4 Å². The minimum atomic E-state index is -4.78. The lowest BCUT2D eigenvalue weighted by atomic mass is 9.98. The molecule has 18 heteroatoms. The second-order valence-corrected chi connectivity index (χ2v) is 15.3. The van der Waals surface area contributed by atoms with E-state index in [0.717, 1.165) is 22.6 Å². The van der Waals surface area contributed by atoms with Crippen molar-refractivity contribution in [2.24, 2.45) is 0 Å². The molecule has 2 atom stereocenters. The summed E-state index contributed by atoms with van der Waals surface area (Å²) in [6, 6.07) is 16.3. The number of aliphatic hydroxyl groups excluding tert-OH is 1. The molecule has 3 aromatic carbocycles. The molecule has 2 saturated heterocycles. The summed E-state index contributed by atoms with van der Waals surface area (Å²) in [5, 5.41) is 27.8. The number of nitrogens with zero attached hydrogens (tertiary/aromatic N) is 5. The second-order valence-electron chi connectivity index (χ2n) is 15.1. The summed E-state index contributed by atoms with van der Waals surface area (Å²) in [6.07, 6.45) is -3.58. The number of nitrogens with one attached hydrogen (secondary N) is 3. The fourth-order valence-electron chi connectivity index (χ4n) is 7.32. The van der Waals surface area contributed by atoms with Crippen LogP contribution in [0.2, 0.25) is 0 Å². The Kier molecular flexibility index (Phi) is 14.9. The average Bonchev–Trinajstić information content (AvgIpc) is 3.21. The number of anilines is 4. The number of carbonyl (C=O) groups excluding carboxylic acids is 4. The Balaban J connectivity index is 1.14. The Bertz CT molecular complexity index is 2130. The molecule has 0 aromatic heterocycles. The summed E-state index contributed by atoms with van der Waals surface area (Å²) in [4.78, 5) is 57.2. The number of thiocarbonyl (C=S) groups is 1. The summed E-state index contributed by atoms with van der Waals surface area (Å²) in [7, 11) is 1.37. The van der Waals surface area contributed by atoms with Crippen LogP contribution in [0, 0.1) is 11.3 Å². The van der Waals surface area contributed by atoms with Gasteiger partial charge in [-0.05, 0) is 86.8 Å². The first kappa shape index (κ1) is 45.5. The summed E-state index contributed by atoms with van der Waals surface area (Å²) >= 11 is 5.34. The van der Waals surface area contributed by atoms with E-state index in [-0.39, 0.29) is 49.0 Å². The predicted octanol–water partition coefficient (Wildman–Crippen LogP) is 4.56. The Labute approximate surface area is 352 Å². The van der Waals surface area contributed by atoms with Crippen LogP contribution in [0.4, 0.5) is 35.9 Å². The number of piperidine rings is 1. The zero-order valence-corrected chi connectivity index (χ0v) is 34.7. The third-order valence-corrected chi connectivity index (χ3v) is 10.9. The fourth-order valence-corrected chi connectivity index (χ4v) is 7.70. The van der Waals surface area contributed by atoms with Gasteiger partial charge in [-0.3, -0.25) is 34.3 Å². The highest BCUT2D eigenvalue weighted by Crippen LogP contribution is 2.36. The molecular weight excluding hydrogens is 802 g/mol. The molecular formula is C42H49F3N8O6S. The first-order chi connectivity index (χ1) is 28.5. The zero-order chi connectivity index (χ0) is 43.8. The number of imide groups is 1. The average molecular weight is 851 g/mol. The highest BCUT2D eigenvalue weighted by molar-refractivity contribution is 7.79. The van der Waals surface area contributed by atoms with Gasteiger partial charge in [-0.1, -0.05) is 25.2 Å². The molecule has 4 N–H and O–H groups in total. The molecule has 60 heavy (non-hydrogen) atoms. The first-order valence-corrected chi connectivity index (χ1v) is 19.9. The van der Waals surface area contributed by atoms with Crippen LogP contribution in [0.1, 0.15) is 50.3 Å². The summed E-state index contributed by atoms with van der Waals surface area (Å²) in [5.41, 5.74) is 0.880. The van der Waals surface area contributed by atoms with Crippen LogP contribution in [-0.2, 0) is 31.8 Å². The van der Waals surface area contributed by atoms with E-state index < -0.39 is 34.8 Å². The highest BCUT2D eigenvalue weighted by atomic mass is 32.1. The predicted molar refractivity (Wildman–Crippen MR) is 225 cm³/mol. The number of ether oxygens (including phenoxy) is 1. The normalized spacial score (nSPS) is 17.6. The summed E-state index contributed by atoms with van der Waals surface area (Å²) in [6.45, 7) is 7.64. The number of benzene rings is 3. The van der Waals surface area contributed by atoms with Crippen molar-refractivity contribution < 1.29 is 42.2 Å². The number of hydrogen-bond acceptors (Lipinski definition) is 11. The zero-order valence-electron chi connectivity index (χ0n) is 33.8. The number of carbonyl (C=O) groups is 4. The number of likely N-dealkylation sites (N-methyl/N-ethyl adjacent to an activating group) is 1. The van der Waals surface area contributed by atoms with Crippen molar-refractivity contribution in [1.29, 1.82) is 5.26 Å². The van der Waals surface area contributed by atoms with Crippen molar-refractivity contribution in [1.82, 2.24) is 15.1 Å². The number of halogens is 3. The van der Waals surface area contributed by atoms with E-state index in [1.54, 1.807) is 61.2 Å². The molecule has 2 aliphatic heterocycles. The number of nitriles is 1. The van der Waals surface area contributed by atoms with Gasteiger partial charge in [-0.2, -0.15) is 18.4 Å². The minimum absolute atomic E-state index is 0.0295. The van der Waals surface area contributed by atoms with Gasteiger partial charge in [0.2, 0.25) is 17.7 Å². The number of alkyl halides is 3. The van der Waals surface area contributed by atoms with Crippen LogP contribution in [0.3, 0.4) is 0 Å². The molecule has 320 valence electrons. The molecule has 2 unspecified atom stereocenters. The van der Waals surface area contributed by atoms with E-state index in [1.165, 1.54) is 18.6 Å². The van der Waals surface area contributed by atoms with E-state index >= 15 is 0 Å². The highest BCUT2D eigenvalue weighted by Gasteiger charge is 2.39. The maximum atomic E-state index is 13.8. The number of aliphatic hydroxyl groups is 1. The van der Waals surface area contributed by atoms with E-state index in [2.05, 4.69) is 20.9 Å². The van der Waals surface area contributed by atoms with Crippen LogP contribution < -0.4 is 30.5 Å². The van der Waals surface area contributed by atoms with Gasteiger partial charge in [0.25, 0.3) is 5.91 Å². The van der Waals surface area contributed by atoms with Gasteiger partial charge in [0.15, 0.2) is 0 Å². The summed E-state index contributed by atoms with van der Waals surface area (Å²) < 4.78 is 47.2. The molecule has 0 radical (unpaired) electrons. The Hall–Kier alpha value is -5.61. The third-order valence-electron chi connectivity index (χ3n) is 10.7. The topological polar surface area (TPSA) is 171 Å². The van der Waals surface area contributed by atoms with Crippen molar-refractivity contribution in [3.05, 3.63) is 77.4 Å². The Morgan fingerprint density at radius 3 is 2.48 bits per heavy atom. The number of hydrogen-bond donors (Lipinski definition) is 4. The van der Waals surface area contributed by atoms with Gasteiger partial charge in [-0.25, -0.2) is 0 Å². The number of rotatable bonds is 16. The van der Waals surface area contributed by atoms with Gasteiger partial charge in [0.1, 0.15) is 23.9 Å². The Morgan fingerprint density at radius 1 is 1.08 bits per heavy atom.